The first kappa shape index (κ1) is 15.0. The van der Waals surface area contributed by atoms with E-state index in [0.29, 0.717) is 10.6 Å². The van der Waals surface area contributed by atoms with Crippen molar-refractivity contribution < 1.29 is 8.42 Å². The van der Waals surface area contributed by atoms with Gasteiger partial charge in [0.15, 0.2) is 0 Å². The molecule has 0 radical (unpaired) electrons. The van der Waals surface area contributed by atoms with Crippen LogP contribution in [0.15, 0.2) is 29.3 Å². The van der Waals surface area contributed by atoms with Crippen molar-refractivity contribution in [1.82, 2.24) is 14.9 Å². The molecular weight excluding hydrogens is 300 g/mol. The summed E-state index contributed by atoms with van der Waals surface area (Å²) >= 11 is 5.92. The van der Waals surface area contributed by atoms with Crippen LogP contribution in [0, 0.1) is 6.92 Å². The normalized spacial score (nSPS) is 11.8. The standard InChI is InChI=1S/C12H15ClN4O2S/c1-8-10(6-15-17-8)7-16-20(18,19)11-2-3-12(13)9(4-11)5-14/h2-4,6,16H,5,7,14H2,1H3,(H,15,17). The van der Waals surface area contributed by atoms with E-state index < -0.39 is 10.0 Å². The Labute approximate surface area is 122 Å². The van der Waals surface area contributed by atoms with Crippen molar-refractivity contribution in [3.63, 3.8) is 0 Å². The molecule has 0 fully saturated rings. The van der Waals surface area contributed by atoms with Crippen LogP contribution in [0.4, 0.5) is 0 Å². The van der Waals surface area contributed by atoms with Crippen LogP contribution in [0.2, 0.25) is 5.02 Å². The number of hydrogen-bond donors (Lipinski definition) is 3. The van der Waals surface area contributed by atoms with Gasteiger partial charge in [0.05, 0.1) is 11.1 Å². The fourth-order valence-electron chi connectivity index (χ4n) is 1.68. The first-order valence-corrected chi connectivity index (χ1v) is 7.77. The predicted octanol–water partition coefficient (Wildman–Crippen LogP) is 1.31. The quantitative estimate of drug-likeness (QED) is 0.774. The highest BCUT2D eigenvalue weighted by Gasteiger charge is 2.16. The van der Waals surface area contributed by atoms with Gasteiger partial charge in [-0.3, -0.25) is 5.10 Å². The minimum Gasteiger partial charge on any atom is -0.326 e. The Kier molecular flexibility index (Phi) is 4.44. The van der Waals surface area contributed by atoms with Crippen molar-refractivity contribution in [2.75, 3.05) is 0 Å². The molecular formula is C12H15ClN4O2S. The molecule has 2 aromatic rings. The van der Waals surface area contributed by atoms with Crippen molar-refractivity contribution >= 4 is 21.6 Å². The van der Waals surface area contributed by atoms with E-state index in [1.54, 1.807) is 6.20 Å². The smallest absolute Gasteiger partial charge is 0.240 e. The number of hydrogen-bond acceptors (Lipinski definition) is 4. The molecule has 4 N–H and O–H groups in total. The number of rotatable bonds is 5. The molecule has 8 heteroatoms. The van der Waals surface area contributed by atoms with Crippen LogP contribution in [-0.2, 0) is 23.1 Å². The average molecular weight is 315 g/mol. The van der Waals surface area contributed by atoms with Crippen molar-refractivity contribution in [1.29, 1.82) is 0 Å². The third kappa shape index (κ3) is 3.18. The largest absolute Gasteiger partial charge is 0.326 e. The summed E-state index contributed by atoms with van der Waals surface area (Å²) in [5.74, 6) is 0. The van der Waals surface area contributed by atoms with Gasteiger partial charge in [-0.05, 0) is 30.7 Å². The molecule has 0 saturated carbocycles. The fourth-order valence-corrected chi connectivity index (χ4v) is 2.94. The lowest BCUT2D eigenvalue weighted by atomic mass is 10.2. The van der Waals surface area contributed by atoms with Crippen molar-refractivity contribution in [3.05, 3.63) is 46.2 Å². The van der Waals surface area contributed by atoms with Gasteiger partial charge >= 0.3 is 0 Å². The maximum Gasteiger partial charge on any atom is 0.240 e. The molecule has 0 aliphatic heterocycles. The van der Waals surface area contributed by atoms with Gasteiger partial charge in [-0.15, -0.1) is 0 Å². The molecule has 1 aromatic heterocycles. The maximum absolute atomic E-state index is 12.2. The van der Waals surface area contributed by atoms with Crippen LogP contribution < -0.4 is 10.5 Å². The summed E-state index contributed by atoms with van der Waals surface area (Å²) < 4.78 is 26.9. The van der Waals surface area contributed by atoms with Crippen molar-refractivity contribution in [3.8, 4) is 0 Å². The van der Waals surface area contributed by atoms with Gasteiger partial charge in [0.25, 0.3) is 0 Å². The van der Waals surface area contributed by atoms with E-state index in [1.165, 1.54) is 18.2 Å². The van der Waals surface area contributed by atoms with Crippen LogP contribution in [0.25, 0.3) is 0 Å². The van der Waals surface area contributed by atoms with E-state index in [0.717, 1.165) is 11.3 Å². The number of sulfonamides is 1. The van der Waals surface area contributed by atoms with Crippen molar-refractivity contribution in [2.24, 2.45) is 5.73 Å². The number of aryl methyl sites for hydroxylation is 1. The van der Waals surface area contributed by atoms with Gasteiger partial charge in [-0.2, -0.15) is 5.10 Å². The lowest BCUT2D eigenvalue weighted by Crippen LogP contribution is -2.23. The predicted molar refractivity (Wildman–Crippen MR) is 76.7 cm³/mol. The molecule has 0 aliphatic rings. The Balaban J connectivity index is 2.20. The Morgan fingerprint density at radius 3 is 2.75 bits per heavy atom. The summed E-state index contributed by atoms with van der Waals surface area (Å²) in [4.78, 5) is 0.142. The lowest BCUT2D eigenvalue weighted by Gasteiger charge is -2.08. The third-order valence-corrected chi connectivity index (χ3v) is 4.70. The highest BCUT2D eigenvalue weighted by Crippen LogP contribution is 2.20. The minimum atomic E-state index is -3.61. The van der Waals surface area contributed by atoms with E-state index in [4.69, 9.17) is 17.3 Å². The summed E-state index contributed by atoms with van der Waals surface area (Å²) in [7, 11) is -3.61. The van der Waals surface area contributed by atoms with Gasteiger partial charge in [0, 0.05) is 29.4 Å². The number of halogens is 1. The summed E-state index contributed by atoms with van der Waals surface area (Å²) in [6.45, 7) is 2.18. The van der Waals surface area contributed by atoms with Crippen LogP contribution >= 0.6 is 11.6 Å². The number of nitrogens with zero attached hydrogens (tertiary/aromatic N) is 1. The number of aromatic nitrogens is 2. The summed E-state index contributed by atoms with van der Waals surface area (Å²) in [5.41, 5.74) is 7.73. The van der Waals surface area contributed by atoms with Gasteiger partial charge in [-0.1, -0.05) is 11.6 Å². The fraction of sp³-hybridized carbons (Fsp3) is 0.250. The van der Waals surface area contributed by atoms with Crippen LogP contribution in [-0.4, -0.2) is 18.6 Å². The molecule has 0 bridgehead atoms. The zero-order valence-corrected chi connectivity index (χ0v) is 12.4. The minimum absolute atomic E-state index is 0.142. The second kappa shape index (κ2) is 5.92. The molecule has 1 aromatic carbocycles. The molecule has 2 rings (SSSR count). The average Bonchev–Trinajstić information content (AvgIpc) is 2.82. The first-order chi connectivity index (χ1) is 9.44. The van der Waals surface area contributed by atoms with Gasteiger partial charge in [0.2, 0.25) is 10.0 Å². The number of benzene rings is 1. The molecule has 108 valence electrons. The molecule has 20 heavy (non-hydrogen) atoms. The van der Waals surface area contributed by atoms with Crippen molar-refractivity contribution in [2.45, 2.75) is 24.9 Å². The molecule has 0 spiro atoms. The number of nitrogens with two attached hydrogens (primary N) is 1. The van der Waals surface area contributed by atoms with E-state index >= 15 is 0 Å². The molecule has 0 saturated heterocycles. The molecule has 0 atom stereocenters. The zero-order chi connectivity index (χ0) is 14.8. The van der Waals surface area contributed by atoms with E-state index in [9.17, 15) is 8.42 Å². The monoisotopic (exact) mass is 314 g/mol. The molecule has 0 unspecified atom stereocenters. The molecule has 1 heterocycles. The first-order valence-electron chi connectivity index (χ1n) is 5.91. The second-order valence-electron chi connectivity index (χ2n) is 4.30. The lowest BCUT2D eigenvalue weighted by molar-refractivity contribution is 0.581. The van der Waals surface area contributed by atoms with Gasteiger partial charge in [0.1, 0.15) is 0 Å². The third-order valence-electron chi connectivity index (χ3n) is 2.93. The van der Waals surface area contributed by atoms with E-state index in [2.05, 4.69) is 14.9 Å². The second-order valence-corrected chi connectivity index (χ2v) is 6.48. The van der Waals surface area contributed by atoms with E-state index in [-0.39, 0.29) is 18.0 Å². The van der Waals surface area contributed by atoms with E-state index in [1.807, 2.05) is 6.92 Å². The zero-order valence-electron chi connectivity index (χ0n) is 10.9. The molecule has 6 nitrogen and oxygen atoms in total. The Morgan fingerprint density at radius 1 is 1.40 bits per heavy atom. The summed E-state index contributed by atoms with van der Waals surface area (Å²) in [5, 5.41) is 7.05. The summed E-state index contributed by atoms with van der Waals surface area (Å²) in [6.07, 6.45) is 1.59. The Morgan fingerprint density at radius 2 is 2.15 bits per heavy atom. The van der Waals surface area contributed by atoms with Gasteiger partial charge in [-0.25, -0.2) is 13.1 Å². The van der Waals surface area contributed by atoms with Crippen LogP contribution in [0.1, 0.15) is 16.8 Å². The highest BCUT2D eigenvalue weighted by atomic mass is 35.5. The van der Waals surface area contributed by atoms with Crippen LogP contribution in [0.3, 0.4) is 0 Å². The number of nitrogens with one attached hydrogen (secondary N) is 2. The molecule has 0 aliphatic carbocycles. The number of H-pyrrole nitrogens is 1. The van der Waals surface area contributed by atoms with Crippen LogP contribution in [0.5, 0.6) is 0 Å². The Bertz CT molecular complexity index is 712. The molecule has 0 amide bonds. The number of aromatic amines is 1. The SMILES string of the molecule is Cc1[nH]ncc1CNS(=O)(=O)c1ccc(Cl)c(CN)c1. The Hall–Kier alpha value is -1.41. The van der Waals surface area contributed by atoms with Gasteiger partial charge < -0.3 is 5.73 Å². The maximum atomic E-state index is 12.2. The topological polar surface area (TPSA) is 101 Å². The summed E-state index contributed by atoms with van der Waals surface area (Å²) in [6, 6.07) is 4.46. The highest BCUT2D eigenvalue weighted by molar-refractivity contribution is 7.89.